The summed E-state index contributed by atoms with van der Waals surface area (Å²) in [6.45, 7) is 9.01. The smallest absolute Gasteiger partial charge is 0.254 e. The molecule has 140 valence electrons. The minimum atomic E-state index is -0.417. The molecule has 1 N–H and O–H groups in total. The number of carbonyl (C=O) groups excluding carboxylic acids is 1. The van der Waals surface area contributed by atoms with E-state index in [-0.39, 0.29) is 12.5 Å². The zero-order valence-electron chi connectivity index (χ0n) is 16.2. The molecule has 1 aliphatic rings. The highest BCUT2D eigenvalue weighted by Gasteiger charge is 2.43. The molecule has 0 spiro atoms. The summed E-state index contributed by atoms with van der Waals surface area (Å²) in [6.07, 6.45) is 2.65. The van der Waals surface area contributed by atoms with E-state index in [9.17, 15) is 9.90 Å². The zero-order chi connectivity index (χ0) is 18.9. The number of aliphatic hydroxyl groups is 1. The second-order valence-electron chi connectivity index (χ2n) is 7.93. The lowest BCUT2D eigenvalue weighted by molar-refractivity contribution is 0.0332. The third kappa shape index (κ3) is 3.40. The molecular formula is C21H29N3O2. The van der Waals surface area contributed by atoms with Crippen LogP contribution in [0.15, 0.2) is 30.3 Å². The van der Waals surface area contributed by atoms with Gasteiger partial charge in [0.1, 0.15) is 0 Å². The zero-order valence-corrected chi connectivity index (χ0v) is 16.2. The van der Waals surface area contributed by atoms with Crippen LogP contribution < -0.4 is 0 Å². The van der Waals surface area contributed by atoms with Gasteiger partial charge in [0, 0.05) is 17.8 Å². The largest absolute Gasteiger partial charge is 0.394 e. The third-order valence-electron chi connectivity index (χ3n) is 5.29. The number of amides is 1. The molecule has 0 radical (unpaired) electrons. The lowest BCUT2D eigenvalue weighted by Crippen LogP contribution is -2.50. The minimum Gasteiger partial charge on any atom is -0.394 e. The van der Waals surface area contributed by atoms with Gasteiger partial charge in [-0.3, -0.25) is 4.79 Å². The number of nitrogens with zero attached hydrogens (tertiary/aromatic N) is 3. The molecule has 3 rings (SSSR count). The minimum absolute atomic E-state index is 0.0112. The molecule has 1 aromatic heterocycles. The SMILES string of the molecule is Cc1cc(C)n(-c2ccc(C(=O)N3CCCC3(CO)CC(C)C)cc2)n1. The maximum atomic E-state index is 13.1. The molecule has 0 saturated carbocycles. The predicted octanol–water partition coefficient (Wildman–Crippen LogP) is 3.50. The molecule has 1 fully saturated rings. The molecule has 5 heteroatoms. The van der Waals surface area contributed by atoms with Crippen molar-refractivity contribution in [2.45, 2.75) is 52.5 Å². The topological polar surface area (TPSA) is 58.4 Å². The average molecular weight is 355 g/mol. The van der Waals surface area contributed by atoms with Crippen LogP contribution in [-0.2, 0) is 0 Å². The summed E-state index contributed by atoms with van der Waals surface area (Å²) in [4.78, 5) is 15.0. The van der Waals surface area contributed by atoms with Gasteiger partial charge < -0.3 is 10.0 Å². The molecule has 26 heavy (non-hydrogen) atoms. The van der Waals surface area contributed by atoms with Crippen molar-refractivity contribution in [3.05, 3.63) is 47.3 Å². The first-order valence-corrected chi connectivity index (χ1v) is 9.43. The van der Waals surface area contributed by atoms with E-state index in [2.05, 4.69) is 18.9 Å². The monoisotopic (exact) mass is 355 g/mol. The van der Waals surface area contributed by atoms with Crippen molar-refractivity contribution in [2.24, 2.45) is 5.92 Å². The van der Waals surface area contributed by atoms with Crippen LogP contribution in [0.1, 0.15) is 54.9 Å². The number of aliphatic hydroxyl groups excluding tert-OH is 1. The number of carbonyl (C=O) groups is 1. The molecule has 1 unspecified atom stereocenters. The van der Waals surface area contributed by atoms with Gasteiger partial charge in [0.2, 0.25) is 0 Å². The van der Waals surface area contributed by atoms with Crippen molar-refractivity contribution in [3.63, 3.8) is 0 Å². The Bertz CT molecular complexity index is 779. The molecule has 1 saturated heterocycles. The maximum absolute atomic E-state index is 13.1. The number of hydrogen-bond donors (Lipinski definition) is 1. The first-order chi connectivity index (χ1) is 12.4. The van der Waals surface area contributed by atoms with Crippen molar-refractivity contribution in [1.82, 2.24) is 14.7 Å². The average Bonchev–Trinajstić information content (AvgIpc) is 3.17. The van der Waals surface area contributed by atoms with Crippen LogP contribution in [-0.4, -0.2) is 44.4 Å². The molecule has 1 aromatic carbocycles. The van der Waals surface area contributed by atoms with E-state index in [1.807, 2.05) is 53.8 Å². The number of likely N-dealkylation sites (tertiary alicyclic amines) is 1. The fraction of sp³-hybridized carbons (Fsp3) is 0.524. The normalized spacial score (nSPS) is 20.2. The van der Waals surface area contributed by atoms with Crippen molar-refractivity contribution < 1.29 is 9.90 Å². The maximum Gasteiger partial charge on any atom is 0.254 e. The van der Waals surface area contributed by atoms with E-state index in [1.165, 1.54) is 0 Å². The quantitative estimate of drug-likeness (QED) is 0.893. The van der Waals surface area contributed by atoms with Crippen molar-refractivity contribution in [1.29, 1.82) is 0 Å². The van der Waals surface area contributed by atoms with Gasteiger partial charge >= 0.3 is 0 Å². The van der Waals surface area contributed by atoms with Crippen molar-refractivity contribution in [2.75, 3.05) is 13.2 Å². The lowest BCUT2D eigenvalue weighted by atomic mass is 9.86. The summed E-state index contributed by atoms with van der Waals surface area (Å²) in [5, 5.41) is 14.5. The van der Waals surface area contributed by atoms with Crippen molar-refractivity contribution in [3.8, 4) is 5.69 Å². The molecule has 0 aliphatic carbocycles. The summed E-state index contributed by atoms with van der Waals surface area (Å²) >= 11 is 0. The highest BCUT2D eigenvalue weighted by molar-refractivity contribution is 5.95. The Labute approximate surface area is 155 Å². The van der Waals surface area contributed by atoms with Crippen LogP contribution in [0.4, 0.5) is 0 Å². The fourth-order valence-corrected chi connectivity index (χ4v) is 4.25. The van der Waals surface area contributed by atoms with E-state index in [0.29, 0.717) is 18.0 Å². The predicted molar refractivity (Wildman–Crippen MR) is 103 cm³/mol. The summed E-state index contributed by atoms with van der Waals surface area (Å²) in [7, 11) is 0. The van der Waals surface area contributed by atoms with Gasteiger partial charge in [-0.1, -0.05) is 13.8 Å². The van der Waals surface area contributed by atoms with Crippen LogP contribution in [0, 0.1) is 19.8 Å². The molecule has 5 nitrogen and oxygen atoms in total. The highest BCUT2D eigenvalue weighted by atomic mass is 16.3. The Balaban J connectivity index is 1.84. The van der Waals surface area contributed by atoms with E-state index >= 15 is 0 Å². The summed E-state index contributed by atoms with van der Waals surface area (Å²) < 4.78 is 1.89. The fourth-order valence-electron chi connectivity index (χ4n) is 4.25. The van der Waals surface area contributed by atoms with E-state index in [1.54, 1.807) is 0 Å². The third-order valence-corrected chi connectivity index (χ3v) is 5.29. The van der Waals surface area contributed by atoms with E-state index in [0.717, 1.165) is 36.3 Å². The first-order valence-electron chi connectivity index (χ1n) is 9.43. The van der Waals surface area contributed by atoms with E-state index < -0.39 is 5.54 Å². The van der Waals surface area contributed by atoms with Gasteiger partial charge in [0.15, 0.2) is 0 Å². The molecule has 0 bridgehead atoms. The molecule has 2 aromatic rings. The molecule has 1 amide bonds. The van der Waals surface area contributed by atoms with Gasteiger partial charge in [0.25, 0.3) is 5.91 Å². The van der Waals surface area contributed by atoms with Crippen molar-refractivity contribution >= 4 is 5.91 Å². The first kappa shape index (κ1) is 18.6. The Morgan fingerprint density at radius 2 is 1.96 bits per heavy atom. The molecular weight excluding hydrogens is 326 g/mol. The van der Waals surface area contributed by atoms with E-state index in [4.69, 9.17) is 0 Å². The van der Waals surface area contributed by atoms with Crippen LogP contribution in [0.3, 0.4) is 0 Å². The van der Waals surface area contributed by atoms with Gasteiger partial charge in [-0.25, -0.2) is 4.68 Å². The molecule has 1 atom stereocenters. The number of aryl methyl sites for hydroxylation is 2. The Morgan fingerprint density at radius 3 is 2.50 bits per heavy atom. The second kappa shape index (κ2) is 7.23. The number of hydrogen-bond acceptors (Lipinski definition) is 3. The Hall–Kier alpha value is -2.14. The number of benzene rings is 1. The number of aromatic nitrogens is 2. The van der Waals surface area contributed by atoms with Gasteiger partial charge in [-0.05, 0) is 69.4 Å². The van der Waals surface area contributed by atoms with Crippen LogP contribution >= 0.6 is 0 Å². The Kier molecular flexibility index (Phi) is 5.19. The molecule has 1 aliphatic heterocycles. The van der Waals surface area contributed by atoms with Gasteiger partial charge in [0.05, 0.1) is 23.5 Å². The van der Waals surface area contributed by atoms with Gasteiger partial charge in [-0.15, -0.1) is 0 Å². The summed E-state index contributed by atoms with van der Waals surface area (Å²) in [6, 6.07) is 9.64. The van der Waals surface area contributed by atoms with Crippen LogP contribution in [0.2, 0.25) is 0 Å². The van der Waals surface area contributed by atoms with Gasteiger partial charge in [-0.2, -0.15) is 5.10 Å². The molecule has 2 heterocycles. The summed E-state index contributed by atoms with van der Waals surface area (Å²) in [5.41, 5.74) is 3.24. The lowest BCUT2D eigenvalue weighted by Gasteiger charge is -2.38. The number of rotatable bonds is 5. The van der Waals surface area contributed by atoms with Crippen LogP contribution in [0.5, 0.6) is 0 Å². The standard InChI is InChI=1S/C21H29N3O2/c1-15(2)13-21(14-25)10-5-11-23(21)20(26)18-6-8-19(9-7-18)24-17(4)12-16(3)22-24/h6-9,12,15,25H,5,10-11,13-14H2,1-4H3. The van der Waals surface area contributed by atoms with Crippen LogP contribution in [0.25, 0.3) is 5.69 Å². The summed E-state index contributed by atoms with van der Waals surface area (Å²) in [5.74, 6) is 0.445. The highest BCUT2D eigenvalue weighted by Crippen LogP contribution is 2.36. The second-order valence-corrected chi connectivity index (χ2v) is 7.93. The Morgan fingerprint density at radius 1 is 1.27 bits per heavy atom.